The Labute approximate surface area is 143 Å². The number of primary sulfonamides is 1. The summed E-state index contributed by atoms with van der Waals surface area (Å²) >= 11 is 5.84. The van der Waals surface area contributed by atoms with Gasteiger partial charge < -0.3 is 19.9 Å². The molecule has 0 saturated heterocycles. The third kappa shape index (κ3) is 5.53. The SMILES string of the molecule is CCO.NS(=O)(=O)c1cc(C(=O)O)c(NCc2ccco2)cc1Cl. The van der Waals surface area contributed by atoms with Gasteiger partial charge in [-0.3, -0.25) is 0 Å². The fraction of sp³-hybridized carbons (Fsp3) is 0.214. The number of furan rings is 1. The summed E-state index contributed by atoms with van der Waals surface area (Å²) in [5.74, 6) is -0.725. The van der Waals surface area contributed by atoms with Crippen molar-refractivity contribution >= 4 is 33.3 Å². The minimum absolute atomic E-state index is 0.163. The molecule has 0 aliphatic carbocycles. The van der Waals surface area contributed by atoms with Gasteiger partial charge in [0.1, 0.15) is 10.7 Å². The lowest BCUT2D eigenvalue weighted by atomic mass is 10.1. The van der Waals surface area contributed by atoms with Gasteiger partial charge in [-0.05, 0) is 31.2 Å². The maximum atomic E-state index is 11.3. The Bertz CT molecular complexity index is 790. The Morgan fingerprint density at radius 1 is 1.42 bits per heavy atom. The lowest BCUT2D eigenvalue weighted by Crippen LogP contribution is -2.15. The fourth-order valence-corrected chi connectivity index (χ4v) is 2.79. The molecular formula is C14H17ClN2O6S. The number of hydrogen-bond acceptors (Lipinski definition) is 6. The Kier molecular flexibility index (Phi) is 7.23. The molecule has 0 unspecified atom stereocenters. The highest BCUT2D eigenvalue weighted by Crippen LogP contribution is 2.28. The number of carboxylic acids is 1. The number of halogens is 1. The van der Waals surface area contributed by atoms with Crippen LogP contribution < -0.4 is 10.5 Å². The first-order chi connectivity index (χ1) is 11.2. The zero-order chi connectivity index (χ0) is 18.3. The molecule has 0 aliphatic heterocycles. The van der Waals surface area contributed by atoms with E-state index in [1.807, 2.05) is 0 Å². The number of rotatable bonds is 5. The Morgan fingerprint density at radius 2 is 2.04 bits per heavy atom. The first-order valence-corrected chi connectivity index (χ1v) is 8.59. The van der Waals surface area contributed by atoms with Crippen molar-refractivity contribution in [2.45, 2.75) is 18.4 Å². The first-order valence-electron chi connectivity index (χ1n) is 6.67. The van der Waals surface area contributed by atoms with Crippen molar-refractivity contribution in [1.29, 1.82) is 0 Å². The number of anilines is 1. The van der Waals surface area contributed by atoms with E-state index in [0.717, 1.165) is 6.07 Å². The van der Waals surface area contributed by atoms with Crippen molar-refractivity contribution in [3.63, 3.8) is 0 Å². The Morgan fingerprint density at radius 3 is 2.50 bits per heavy atom. The van der Waals surface area contributed by atoms with Gasteiger partial charge in [-0.2, -0.15) is 0 Å². The third-order valence-corrected chi connectivity index (χ3v) is 4.02. The normalized spacial score (nSPS) is 10.7. The van der Waals surface area contributed by atoms with Crippen LogP contribution in [0.3, 0.4) is 0 Å². The van der Waals surface area contributed by atoms with E-state index in [1.165, 1.54) is 12.3 Å². The van der Waals surface area contributed by atoms with Crippen LogP contribution in [0.1, 0.15) is 23.0 Å². The number of carboxylic acid groups (broad SMARTS) is 1. The van der Waals surface area contributed by atoms with Crippen LogP contribution in [0.2, 0.25) is 5.02 Å². The van der Waals surface area contributed by atoms with E-state index in [4.69, 9.17) is 31.4 Å². The molecule has 2 aromatic rings. The maximum absolute atomic E-state index is 11.3. The van der Waals surface area contributed by atoms with Gasteiger partial charge in [0.2, 0.25) is 10.0 Å². The van der Waals surface area contributed by atoms with E-state index in [2.05, 4.69) is 5.32 Å². The molecule has 2 rings (SSSR count). The number of benzene rings is 1. The van der Waals surface area contributed by atoms with E-state index in [0.29, 0.717) is 5.76 Å². The van der Waals surface area contributed by atoms with Gasteiger partial charge in [0.25, 0.3) is 0 Å². The second kappa shape index (κ2) is 8.69. The lowest BCUT2D eigenvalue weighted by Gasteiger charge is -2.11. The number of aliphatic hydroxyl groups excluding tert-OH is 1. The van der Waals surface area contributed by atoms with E-state index in [-0.39, 0.29) is 29.4 Å². The highest BCUT2D eigenvalue weighted by Gasteiger charge is 2.20. The standard InChI is InChI=1S/C12H11ClN2O5S.C2H6O/c13-9-5-10(15-6-7-2-1-3-20-7)8(12(16)17)4-11(9)21(14,18)19;1-2-3/h1-5,15H,6H2,(H,16,17)(H2,14,18,19);3H,2H2,1H3. The van der Waals surface area contributed by atoms with Crippen LogP contribution in [0.25, 0.3) is 0 Å². The van der Waals surface area contributed by atoms with Gasteiger partial charge in [-0.15, -0.1) is 0 Å². The number of aromatic carboxylic acids is 1. The highest BCUT2D eigenvalue weighted by molar-refractivity contribution is 7.89. The molecule has 0 fully saturated rings. The van der Waals surface area contributed by atoms with Gasteiger partial charge in [-0.25, -0.2) is 18.4 Å². The van der Waals surface area contributed by atoms with Crippen LogP contribution in [0.15, 0.2) is 39.8 Å². The molecule has 5 N–H and O–H groups in total. The third-order valence-electron chi connectivity index (χ3n) is 2.64. The fourth-order valence-electron chi connectivity index (χ4n) is 1.69. The van der Waals surface area contributed by atoms with Crippen molar-refractivity contribution in [1.82, 2.24) is 0 Å². The monoisotopic (exact) mass is 376 g/mol. The molecule has 0 spiro atoms. The average Bonchev–Trinajstić information content (AvgIpc) is 2.97. The second-order valence-electron chi connectivity index (χ2n) is 4.43. The molecular weight excluding hydrogens is 360 g/mol. The van der Waals surface area contributed by atoms with Crippen molar-refractivity contribution in [3.05, 3.63) is 46.9 Å². The van der Waals surface area contributed by atoms with Gasteiger partial charge >= 0.3 is 5.97 Å². The van der Waals surface area contributed by atoms with Crippen LogP contribution in [-0.4, -0.2) is 31.2 Å². The largest absolute Gasteiger partial charge is 0.478 e. The van der Waals surface area contributed by atoms with Gasteiger partial charge in [0.15, 0.2) is 0 Å². The minimum Gasteiger partial charge on any atom is -0.478 e. The van der Waals surface area contributed by atoms with E-state index >= 15 is 0 Å². The molecule has 10 heteroatoms. The molecule has 1 heterocycles. The topological polar surface area (TPSA) is 143 Å². The predicted octanol–water partition coefficient (Wildman–Crippen LogP) is 1.89. The van der Waals surface area contributed by atoms with Crippen molar-refractivity contribution in [3.8, 4) is 0 Å². The summed E-state index contributed by atoms with van der Waals surface area (Å²) in [7, 11) is -4.11. The molecule has 0 bridgehead atoms. The van der Waals surface area contributed by atoms with Crippen LogP contribution in [0.4, 0.5) is 5.69 Å². The minimum atomic E-state index is -4.11. The molecule has 0 radical (unpaired) electrons. The molecule has 0 amide bonds. The first kappa shape index (κ1) is 20.0. The molecule has 1 aromatic heterocycles. The summed E-state index contributed by atoms with van der Waals surface area (Å²) in [6.07, 6.45) is 1.48. The number of nitrogens with one attached hydrogen (secondary N) is 1. The van der Waals surface area contributed by atoms with Gasteiger partial charge in [-0.1, -0.05) is 11.6 Å². The van der Waals surface area contributed by atoms with Gasteiger partial charge in [0.05, 0.1) is 29.1 Å². The Hall–Kier alpha value is -2.07. The number of sulfonamides is 1. The second-order valence-corrected chi connectivity index (χ2v) is 6.36. The van der Waals surface area contributed by atoms with Gasteiger partial charge in [0, 0.05) is 6.61 Å². The summed E-state index contributed by atoms with van der Waals surface area (Å²) in [5, 5.41) is 24.4. The predicted molar refractivity (Wildman–Crippen MR) is 88.6 cm³/mol. The summed E-state index contributed by atoms with van der Waals surface area (Å²) in [4.78, 5) is 10.8. The zero-order valence-electron chi connectivity index (χ0n) is 12.7. The van der Waals surface area contributed by atoms with E-state index < -0.39 is 20.9 Å². The number of hydrogen-bond donors (Lipinski definition) is 4. The van der Waals surface area contributed by atoms with Crippen molar-refractivity contribution in [2.75, 3.05) is 11.9 Å². The van der Waals surface area contributed by atoms with Crippen LogP contribution in [-0.2, 0) is 16.6 Å². The number of carbonyl (C=O) groups is 1. The Balaban J connectivity index is 0.000000891. The maximum Gasteiger partial charge on any atom is 0.337 e. The molecule has 0 saturated carbocycles. The summed E-state index contributed by atoms with van der Waals surface area (Å²) in [6, 6.07) is 5.51. The number of aliphatic hydroxyl groups is 1. The smallest absolute Gasteiger partial charge is 0.337 e. The van der Waals surface area contributed by atoms with Crippen LogP contribution in [0.5, 0.6) is 0 Å². The average molecular weight is 377 g/mol. The lowest BCUT2D eigenvalue weighted by molar-refractivity contribution is 0.0697. The van der Waals surface area contributed by atoms with Crippen molar-refractivity contribution < 1.29 is 27.8 Å². The van der Waals surface area contributed by atoms with Crippen molar-refractivity contribution in [2.24, 2.45) is 5.14 Å². The molecule has 132 valence electrons. The number of nitrogens with two attached hydrogens (primary N) is 1. The summed E-state index contributed by atoms with van der Waals surface area (Å²) in [5.41, 5.74) is -0.0914. The van der Waals surface area contributed by atoms with Crippen LogP contribution >= 0.6 is 11.6 Å². The summed E-state index contributed by atoms with van der Waals surface area (Å²) in [6.45, 7) is 2.15. The molecule has 1 aromatic carbocycles. The summed E-state index contributed by atoms with van der Waals surface area (Å²) < 4.78 is 27.8. The highest BCUT2D eigenvalue weighted by atomic mass is 35.5. The quantitative estimate of drug-likeness (QED) is 0.623. The zero-order valence-corrected chi connectivity index (χ0v) is 14.3. The molecule has 0 atom stereocenters. The van der Waals surface area contributed by atoms with E-state index in [1.54, 1.807) is 19.1 Å². The molecule has 8 nitrogen and oxygen atoms in total. The molecule has 0 aliphatic rings. The van der Waals surface area contributed by atoms with Crippen LogP contribution in [0, 0.1) is 0 Å². The van der Waals surface area contributed by atoms with E-state index in [9.17, 15) is 13.2 Å². The molecule has 24 heavy (non-hydrogen) atoms.